The number of hydrogen-bond donors (Lipinski definition) is 2. The van der Waals surface area contributed by atoms with Crippen LogP contribution in [0.5, 0.6) is 0 Å². The van der Waals surface area contributed by atoms with Crippen molar-refractivity contribution in [2.45, 2.75) is 37.8 Å². The number of hydrogen-bond acceptors (Lipinski definition) is 3. The zero-order valence-electron chi connectivity index (χ0n) is 21.6. The molecule has 6 nitrogen and oxygen atoms in total. The van der Waals surface area contributed by atoms with Gasteiger partial charge in [-0.15, -0.1) is 0 Å². The van der Waals surface area contributed by atoms with E-state index in [1.54, 1.807) is 30.3 Å². The molecule has 0 saturated carbocycles. The Hall–Kier alpha value is -3.94. The average Bonchev–Trinajstić information content (AvgIpc) is 3.20. The lowest BCUT2D eigenvalue weighted by atomic mass is 10.0. The Morgan fingerprint density at radius 3 is 1.92 bits per heavy atom. The maximum Gasteiger partial charge on any atom is 0.240 e. The number of aryl methyl sites for hydroxylation is 2. The molecule has 0 radical (unpaired) electrons. The van der Waals surface area contributed by atoms with Gasteiger partial charge in [-0.25, -0.2) is 13.1 Å². The smallest absolute Gasteiger partial charge is 0.240 e. The molecule has 0 bridgehead atoms. The average molecular weight is 525 g/mol. The Labute approximate surface area is 223 Å². The van der Waals surface area contributed by atoms with Crippen molar-refractivity contribution >= 4 is 21.1 Å². The Bertz CT molecular complexity index is 1700. The zero-order chi connectivity index (χ0) is 26.7. The molecule has 5 aromatic rings. The molecular formula is C31H32N4O2S. The SMILES string of the molecule is Cc1ccc(CC(CNS(=O)(=O)c2ccccc2)n2c(=N)n(Cc3ccc(C)cc3)c3ccccc32)cc1. The van der Waals surface area contributed by atoms with Gasteiger partial charge in [-0.05, 0) is 55.7 Å². The van der Waals surface area contributed by atoms with E-state index in [1.165, 1.54) is 11.1 Å². The van der Waals surface area contributed by atoms with Gasteiger partial charge in [0, 0.05) is 6.54 Å². The van der Waals surface area contributed by atoms with Crippen molar-refractivity contribution in [3.8, 4) is 0 Å². The highest BCUT2D eigenvalue weighted by molar-refractivity contribution is 7.89. The molecular weight excluding hydrogens is 492 g/mol. The molecule has 0 aliphatic rings. The van der Waals surface area contributed by atoms with Crippen molar-refractivity contribution in [3.63, 3.8) is 0 Å². The van der Waals surface area contributed by atoms with Gasteiger partial charge in [0.25, 0.3) is 0 Å². The quantitative estimate of drug-likeness (QED) is 0.273. The number of nitrogens with one attached hydrogen (secondary N) is 2. The fraction of sp³-hybridized carbons (Fsp3) is 0.194. The van der Waals surface area contributed by atoms with Crippen LogP contribution in [0.1, 0.15) is 28.3 Å². The number of nitrogens with zero attached hydrogens (tertiary/aromatic N) is 2. The highest BCUT2D eigenvalue weighted by atomic mass is 32.2. The maximum absolute atomic E-state index is 13.1. The van der Waals surface area contributed by atoms with Crippen LogP contribution >= 0.6 is 0 Å². The summed E-state index contributed by atoms with van der Waals surface area (Å²) in [6.07, 6.45) is 0.576. The van der Waals surface area contributed by atoms with Crippen LogP contribution in [0.15, 0.2) is 108 Å². The molecule has 0 aliphatic heterocycles. The number of benzene rings is 4. The van der Waals surface area contributed by atoms with E-state index in [2.05, 4.69) is 60.2 Å². The van der Waals surface area contributed by atoms with E-state index < -0.39 is 10.0 Å². The van der Waals surface area contributed by atoms with Crippen LogP contribution in [0.3, 0.4) is 0 Å². The summed E-state index contributed by atoms with van der Waals surface area (Å²) in [5, 5.41) is 9.24. The van der Waals surface area contributed by atoms with Crippen LogP contribution in [-0.2, 0) is 23.0 Å². The monoisotopic (exact) mass is 524 g/mol. The van der Waals surface area contributed by atoms with E-state index in [9.17, 15) is 13.8 Å². The van der Waals surface area contributed by atoms with Crippen molar-refractivity contribution in [2.24, 2.45) is 0 Å². The van der Waals surface area contributed by atoms with Crippen LogP contribution in [-0.4, -0.2) is 24.1 Å². The molecule has 1 unspecified atom stereocenters. The Kier molecular flexibility index (Phi) is 7.31. The largest absolute Gasteiger partial charge is 0.306 e. The fourth-order valence-electron chi connectivity index (χ4n) is 4.80. The number of rotatable bonds is 9. The third kappa shape index (κ3) is 5.49. The summed E-state index contributed by atoms with van der Waals surface area (Å²) in [5.74, 6) is 0. The van der Waals surface area contributed by atoms with Crippen LogP contribution in [0.4, 0.5) is 0 Å². The van der Waals surface area contributed by atoms with Crippen LogP contribution in [0, 0.1) is 19.3 Å². The van der Waals surface area contributed by atoms with Crippen molar-refractivity contribution < 1.29 is 8.42 Å². The normalized spacial score (nSPS) is 12.6. The second kappa shape index (κ2) is 10.8. The third-order valence-electron chi connectivity index (χ3n) is 6.90. The van der Waals surface area contributed by atoms with Gasteiger partial charge in [-0.1, -0.05) is 90.0 Å². The number of sulfonamides is 1. The van der Waals surface area contributed by atoms with Gasteiger partial charge in [-0.2, -0.15) is 0 Å². The summed E-state index contributed by atoms with van der Waals surface area (Å²) in [7, 11) is -3.71. The summed E-state index contributed by atoms with van der Waals surface area (Å²) in [4.78, 5) is 0.229. The lowest BCUT2D eigenvalue weighted by molar-refractivity contribution is 0.466. The minimum absolute atomic E-state index is 0.153. The van der Waals surface area contributed by atoms with Crippen LogP contribution < -0.4 is 10.3 Å². The standard InChI is InChI=1S/C31H32N4O2S/c1-23-12-16-25(17-13-23)20-27(21-33-38(36,37)28-8-4-3-5-9-28)35-30-11-7-6-10-29(30)34(31(35)32)22-26-18-14-24(2)15-19-26/h3-19,27,32-33H,20-22H2,1-2H3. The van der Waals surface area contributed by atoms with Gasteiger partial charge >= 0.3 is 0 Å². The maximum atomic E-state index is 13.1. The van der Waals surface area contributed by atoms with Gasteiger partial charge in [0.05, 0.1) is 28.5 Å². The molecule has 0 aliphatic carbocycles. The van der Waals surface area contributed by atoms with Gasteiger partial charge in [0.15, 0.2) is 0 Å². The summed E-state index contributed by atoms with van der Waals surface area (Å²) in [6, 6.07) is 32.7. The molecule has 7 heteroatoms. The minimum Gasteiger partial charge on any atom is -0.306 e. The highest BCUT2D eigenvalue weighted by Crippen LogP contribution is 2.22. The Morgan fingerprint density at radius 2 is 1.29 bits per heavy atom. The van der Waals surface area contributed by atoms with Crippen molar-refractivity contribution in [1.82, 2.24) is 13.9 Å². The number of aromatic nitrogens is 2. The Balaban J connectivity index is 1.57. The predicted molar refractivity (Wildman–Crippen MR) is 152 cm³/mol. The zero-order valence-corrected chi connectivity index (χ0v) is 22.4. The minimum atomic E-state index is -3.71. The molecule has 1 heterocycles. The molecule has 0 saturated heterocycles. The summed E-state index contributed by atoms with van der Waals surface area (Å²) < 4.78 is 33.0. The lowest BCUT2D eigenvalue weighted by Gasteiger charge is -2.21. The van der Waals surface area contributed by atoms with E-state index >= 15 is 0 Å². The molecule has 0 spiro atoms. The lowest BCUT2D eigenvalue weighted by Crippen LogP contribution is -2.37. The van der Waals surface area contributed by atoms with Gasteiger partial charge in [0.2, 0.25) is 15.6 Å². The second-order valence-corrected chi connectivity index (χ2v) is 11.5. The van der Waals surface area contributed by atoms with Gasteiger partial charge < -0.3 is 9.13 Å². The Morgan fingerprint density at radius 1 is 0.737 bits per heavy atom. The molecule has 194 valence electrons. The molecule has 5 rings (SSSR count). The number of fused-ring (bicyclic) bond motifs is 1. The first-order valence-electron chi connectivity index (χ1n) is 12.7. The van der Waals surface area contributed by atoms with E-state index in [0.29, 0.717) is 18.6 Å². The summed E-state index contributed by atoms with van der Waals surface area (Å²) >= 11 is 0. The molecule has 1 aromatic heterocycles. The number of para-hydroxylation sites is 2. The first-order chi connectivity index (χ1) is 18.3. The van der Waals surface area contributed by atoms with Crippen LogP contribution in [0.2, 0.25) is 0 Å². The van der Waals surface area contributed by atoms with Crippen molar-refractivity contribution in [1.29, 1.82) is 5.41 Å². The molecule has 1 atom stereocenters. The number of imidazole rings is 1. The molecule has 0 amide bonds. The third-order valence-corrected chi connectivity index (χ3v) is 8.34. The van der Waals surface area contributed by atoms with E-state index in [0.717, 1.165) is 22.2 Å². The fourth-order valence-corrected chi connectivity index (χ4v) is 5.89. The summed E-state index contributed by atoms with van der Waals surface area (Å²) in [5.41, 5.74) is 6.73. The van der Waals surface area contributed by atoms with Crippen molar-refractivity contribution in [2.75, 3.05) is 6.54 Å². The van der Waals surface area contributed by atoms with E-state index in [-0.39, 0.29) is 17.5 Å². The summed E-state index contributed by atoms with van der Waals surface area (Å²) in [6.45, 7) is 4.81. The molecule has 0 fully saturated rings. The molecule has 2 N–H and O–H groups in total. The molecule has 38 heavy (non-hydrogen) atoms. The topological polar surface area (TPSA) is 79.9 Å². The highest BCUT2D eigenvalue weighted by Gasteiger charge is 2.22. The van der Waals surface area contributed by atoms with Gasteiger partial charge in [-0.3, -0.25) is 5.41 Å². The van der Waals surface area contributed by atoms with Crippen LogP contribution in [0.25, 0.3) is 11.0 Å². The second-order valence-electron chi connectivity index (χ2n) is 9.76. The van der Waals surface area contributed by atoms with Gasteiger partial charge in [0.1, 0.15) is 0 Å². The first-order valence-corrected chi connectivity index (χ1v) is 14.2. The van der Waals surface area contributed by atoms with Crippen molar-refractivity contribution in [3.05, 3.63) is 131 Å². The van der Waals surface area contributed by atoms with E-state index in [4.69, 9.17) is 0 Å². The molecule has 4 aromatic carbocycles. The first kappa shape index (κ1) is 25.7. The predicted octanol–water partition coefficient (Wildman–Crippen LogP) is 5.35. The van der Waals surface area contributed by atoms with E-state index in [1.807, 2.05) is 40.3 Å².